The van der Waals surface area contributed by atoms with E-state index in [1.807, 2.05) is 6.92 Å². The van der Waals surface area contributed by atoms with E-state index in [-0.39, 0.29) is 23.0 Å². The average molecular weight is 388 g/mol. The van der Waals surface area contributed by atoms with E-state index < -0.39 is 4.92 Å². The molecule has 1 aromatic carbocycles. The average Bonchev–Trinajstić information content (AvgIpc) is 3.23. The van der Waals surface area contributed by atoms with E-state index in [2.05, 4.69) is 21.8 Å². The van der Waals surface area contributed by atoms with E-state index in [0.717, 1.165) is 29.4 Å². The Kier molecular flexibility index (Phi) is 5.84. The number of imidazole rings is 1. The summed E-state index contributed by atoms with van der Waals surface area (Å²) in [5, 5.41) is 14.8. The molecule has 1 aromatic heterocycles. The SMILES string of the molecule is Cc1cccc([N+](=O)[O-])c1NC(=O)CSc1nc(C)c(C)n1C1CCCC1. The number of hydrogen-bond acceptors (Lipinski definition) is 5. The van der Waals surface area contributed by atoms with E-state index in [4.69, 9.17) is 0 Å². The summed E-state index contributed by atoms with van der Waals surface area (Å²) in [7, 11) is 0. The van der Waals surface area contributed by atoms with Crippen LogP contribution >= 0.6 is 11.8 Å². The van der Waals surface area contributed by atoms with Crippen molar-refractivity contribution in [2.24, 2.45) is 0 Å². The van der Waals surface area contributed by atoms with Crippen LogP contribution in [0, 0.1) is 30.9 Å². The highest BCUT2D eigenvalue weighted by Gasteiger charge is 2.24. The monoisotopic (exact) mass is 388 g/mol. The summed E-state index contributed by atoms with van der Waals surface area (Å²) in [6, 6.07) is 5.21. The highest BCUT2D eigenvalue weighted by molar-refractivity contribution is 7.99. The van der Waals surface area contributed by atoms with E-state index in [1.165, 1.54) is 30.7 Å². The number of benzene rings is 1. The van der Waals surface area contributed by atoms with Gasteiger partial charge in [0.05, 0.1) is 16.4 Å². The second-order valence-electron chi connectivity index (χ2n) is 6.94. The third-order valence-corrected chi connectivity index (χ3v) is 6.04. The number of thioether (sulfide) groups is 1. The van der Waals surface area contributed by atoms with Gasteiger partial charge >= 0.3 is 0 Å². The number of aryl methyl sites for hydroxylation is 2. The molecule has 144 valence electrons. The molecule has 3 rings (SSSR count). The summed E-state index contributed by atoms with van der Waals surface area (Å²) in [4.78, 5) is 27.8. The molecule has 0 atom stereocenters. The smallest absolute Gasteiger partial charge is 0.293 e. The second kappa shape index (κ2) is 8.12. The van der Waals surface area contributed by atoms with Crippen molar-refractivity contribution < 1.29 is 9.72 Å². The molecule has 0 bridgehead atoms. The molecule has 1 aliphatic rings. The molecule has 0 spiro atoms. The number of hydrogen-bond donors (Lipinski definition) is 1. The second-order valence-corrected chi connectivity index (χ2v) is 7.88. The molecule has 27 heavy (non-hydrogen) atoms. The first-order valence-electron chi connectivity index (χ1n) is 9.10. The van der Waals surface area contributed by atoms with Crippen molar-refractivity contribution in [1.29, 1.82) is 0 Å². The summed E-state index contributed by atoms with van der Waals surface area (Å²) in [6.07, 6.45) is 4.74. The predicted molar refractivity (Wildman–Crippen MR) is 106 cm³/mol. The Morgan fingerprint density at radius 2 is 2.04 bits per heavy atom. The summed E-state index contributed by atoms with van der Waals surface area (Å²) < 4.78 is 2.26. The fraction of sp³-hybridized carbons (Fsp3) is 0.474. The molecule has 1 saturated carbocycles. The molecule has 1 heterocycles. The van der Waals surface area contributed by atoms with Crippen LogP contribution in [0.1, 0.15) is 48.7 Å². The first kappa shape index (κ1) is 19.4. The fourth-order valence-electron chi connectivity index (χ4n) is 3.56. The Morgan fingerprint density at radius 3 is 2.70 bits per heavy atom. The van der Waals surface area contributed by atoms with Crippen molar-refractivity contribution in [3.05, 3.63) is 45.3 Å². The van der Waals surface area contributed by atoms with Crippen LogP contribution < -0.4 is 5.32 Å². The van der Waals surface area contributed by atoms with Crippen molar-refractivity contribution in [2.45, 2.75) is 57.7 Å². The maximum atomic E-state index is 12.4. The molecule has 0 radical (unpaired) electrons. The molecule has 1 aliphatic carbocycles. The molecule has 1 amide bonds. The number of nitrogens with zero attached hydrogens (tertiary/aromatic N) is 3. The minimum atomic E-state index is -0.477. The van der Waals surface area contributed by atoms with Crippen molar-refractivity contribution in [2.75, 3.05) is 11.1 Å². The number of rotatable bonds is 6. The van der Waals surface area contributed by atoms with Gasteiger partial charge < -0.3 is 9.88 Å². The van der Waals surface area contributed by atoms with Crippen molar-refractivity contribution >= 4 is 29.0 Å². The number of amides is 1. The molecule has 0 saturated heterocycles. The van der Waals surface area contributed by atoms with Gasteiger partial charge in [0, 0.05) is 17.8 Å². The molecule has 8 heteroatoms. The predicted octanol–water partition coefficient (Wildman–Crippen LogP) is 4.56. The van der Waals surface area contributed by atoms with Crippen LogP contribution in [-0.2, 0) is 4.79 Å². The van der Waals surface area contributed by atoms with Gasteiger partial charge in [-0.15, -0.1) is 0 Å². The quantitative estimate of drug-likeness (QED) is 0.445. The van der Waals surface area contributed by atoms with E-state index in [1.54, 1.807) is 19.1 Å². The topological polar surface area (TPSA) is 90.1 Å². The molecule has 0 aliphatic heterocycles. The van der Waals surface area contributed by atoms with Crippen LogP contribution in [0.25, 0.3) is 0 Å². The van der Waals surface area contributed by atoms with Gasteiger partial charge in [0.15, 0.2) is 5.16 Å². The van der Waals surface area contributed by atoms with Crippen molar-refractivity contribution in [3.8, 4) is 0 Å². The van der Waals surface area contributed by atoms with Gasteiger partial charge in [0.2, 0.25) is 5.91 Å². The lowest BCUT2D eigenvalue weighted by Crippen LogP contribution is -2.17. The lowest BCUT2D eigenvalue weighted by atomic mass is 10.1. The van der Waals surface area contributed by atoms with Crippen molar-refractivity contribution in [3.63, 3.8) is 0 Å². The molecular weight excluding hydrogens is 364 g/mol. The lowest BCUT2D eigenvalue weighted by molar-refractivity contribution is -0.384. The Hall–Kier alpha value is -2.35. The van der Waals surface area contributed by atoms with E-state index in [0.29, 0.717) is 11.6 Å². The maximum absolute atomic E-state index is 12.4. The first-order chi connectivity index (χ1) is 12.9. The van der Waals surface area contributed by atoms with Crippen LogP contribution in [0.4, 0.5) is 11.4 Å². The minimum absolute atomic E-state index is 0.0903. The maximum Gasteiger partial charge on any atom is 0.293 e. The van der Waals surface area contributed by atoms with Crippen LogP contribution in [0.15, 0.2) is 23.4 Å². The Morgan fingerprint density at radius 1 is 1.33 bits per heavy atom. The summed E-state index contributed by atoms with van der Waals surface area (Å²) in [5.41, 5.74) is 2.98. The van der Waals surface area contributed by atoms with Gasteiger partial charge in [-0.05, 0) is 39.2 Å². The number of carbonyl (C=O) groups is 1. The molecule has 2 aromatic rings. The van der Waals surface area contributed by atoms with Gasteiger partial charge in [-0.1, -0.05) is 36.7 Å². The standard InChI is InChI=1S/C19H24N4O3S/c1-12-7-6-10-16(23(25)26)18(12)21-17(24)11-27-19-20-13(2)14(3)22(19)15-8-4-5-9-15/h6-7,10,15H,4-5,8-9,11H2,1-3H3,(H,21,24). The summed E-state index contributed by atoms with van der Waals surface area (Å²) >= 11 is 1.39. The third kappa shape index (κ3) is 4.16. The number of anilines is 1. The normalized spacial score (nSPS) is 14.5. The van der Waals surface area contributed by atoms with Gasteiger partial charge in [-0.3, -0.25) is 14.9 Å². The molecule has 0 unspecified atom stereocenters. The number of nitrogens with one attached hydrogen (secondary N) is 1. The van der Waals surface area contributed by atoms with Crippen LogP contribution in [-0.4, -0.2) is 26.1 Å². The number of nitro benzene ring substituents is 1. The number of aromatic nitrogens is 2. The van der Waals surface area contributed by atoms with E-state index in [9.17, 15) is 14.9 Å². The van der Waals surface area contributed by atoms with Gasteiger partial charge in [0.25, 0.3) is 5.69 Å². The van der Waals surface area contributed by atoms with Crippen LogP contribution in [0.2, 0.25) is 0 Å². The summed E-state index contributed by atoms with van der Waals surface area (Å²) in [5.74, 6) is -0.109. The number of para-hydroxylation sites is 1. The fourth-order valence-corrected chi connectivity index (χ4v) is 4.52. The van der Waals surface area contributed by atoms with Crippen molar-refractivity contribution in [1.82, 2.24) is 9.55 Å². The van der Waals surface area contributed by atoms with Gasteiger partial charge in [-0.2, -0.15) is 0 Å². The summed E-state index contributed by atoms with van der Waals surface area (Å²) in [6.45, 7) is 5.80. The highest BCUT2D eigenvalue weighted by atomic mass is 32.2. The third-order valence-electron chi connectivity index (χ3n) is 5.09. The zero-order chi connectivity index (χ0) is 19.6. The minimum Gasteiger partial charge on any atom is -0.320 e. The van der Waals surface area contributed by atoms with Crippen LogP contribution in [0.3, 0.4) is 0 Å². The molecule has 1 fully saturated rings. The molecule has 7 nitrogen and oxygen atoms in total. The lowest BCUT2D eigenvalue weighted by Gasteiger charge is -2.17. The van der Waals surface area contributed by atoms with Gasteiger partial charge in [-0.25, -0.2) is 4.98 Å². The van der Waals surface area contributed by atoms with Gasteiger partial charge in [0.1, 0.15) is 5.69 Å². The number of carbonyl (C=O) groups excluding carboxylic acids is 1. The largest absolute Gasteiger partial charge is 0.320 e. The first-order valence-corrected chi connectivity index (χ1v) is 10.1. The van der Waals surface area contributed by atoms with Crippen LogP contribution in [0.5, 0.6) is 0 Å². The van der Waals surface area contributed by atoms with E-state index >= 15 is 0 Å². The highest BCUT2D eigenvalue weighted by Crippen LogP contribution is 2.35. The number of nitro groups is 1. The zero-order valence-corrected chi connectivity index (χ0v) is 16.6. The Bertz CT molecular complexity index is 872. The zero-order valence-electron chi connectivity index (χ0n) is 15.8. The molecule has 1 N–H and O–H groups in total. The molecular formula is C19H24N4O3S. The Balaban J connectivity index is 1.72. The Labute approximate surface area is 162 Å².